The molecule has 84 valence electrons. The molecule has 0 spiro atoms. The van der Waals surface area contributed by atoms with E-state index in [9.17, 15) is 5.11 Å². The first-order chi connectivity index (χ1) is 8.33. The van der Waals surface area contributed by atoms with Crippen LogP contribution < -0.4 is 0 Å². The van der Waals surface area contributed by atoms with Gasteiger partial charge in [-0.1, -0.05) is 24.3 Å². The fraction of sp³-hybridized carbons (Fsp3) is 0. The fourth-order valence-electron chi connectivity index (χ4n) is 1.53. The molecule has 1 heterocycles. The Balaban J connectivity index is 1.98. The molecular weight excluding hydrogens is 234 g/mol. The summed E-state index contributed by atoms with van der Waals surface area (Å²) in [4.78, 5) is 5.07. The van der Waals surface area contributed by atoms with E-state index >= 15 is 0 Å². The van der Waals surface area contributed by atoms with Crippen molar-refractivity contribution >= 4 is 22.9 Å². The predicted molar refractivity (Wildman–Crippen MR) is 66.2 cm³/mol. The molecule has 3 aromatic rings. The second-order valence-electron chi connectivity index (χ2n) is 3.52. The average Bonchev–Trinajstić information content (AvgIpc) is 2.74. The maximum Gasteiger partial charge on any atom is 0.261 e. The Morgan fingerprint density at radius 3 is 2.59 bits per heavy atom. The van der Waals surface area contributed by atoms with E-state index in [0.29, 0.717) is 5.22 Å². The lowest BCUT2D eigenvalue weighted by atomic mass is 10.3. The van der Waals surface area contributed by atoms with Crippen LogP contribution in [0.3, 0.4) is 0 Å². The van der Waals surface area contributed by atoms with Gasteiger partial charge in [0.1, 0.15) is 11.3 Å². The molecule has 0 atom stereocenters. The highest BCUT2D eigenvalue weighted by Gasteiger charge is 2.09. The largest absolute Gasteiger partial charge is 0.507 e. The van der Waals surface area contributed by atoms with Crippen LogP contribution >= 0.6 is 11.8 Å². The average molecular weight is 243 g/mol. The maximum atomic E-state index is 9.66. The quantitative estimate of drug-likeness (QED) is 0.745. The summed E-state index contributed by atoms with van der Waals surface area (Å²) in [7, 11) is 0. The molecule has 0 radical (unpaired) electrons. The number of aromatic nitrogens is 1. The molecule has 0 aliphatic rings. The van der Waals surface area contributed by atoms with Crippen molar-refractivity contribution < 1.29 is 9.52 Å². The zero-order valence-electron chi connectivity index (χ0n) is 8.83. The number of fused-ring (bicyclic) bond motifs is 1. The summed E-state index contributed by atoms with van der Waals surface area (Å²) in [6.07, 6.45) is 0. The first kappa shape index (κ1) is 10.2. The molecular formula is C13H9NO2S. The Bertz CT molecular complexity index is 630. The molecule has 1 aromatic heterocycles. The van der Waals surface area contributed by atoms with Crippen LogP contribution in [-0.2, 0) is 0 Å². The standard InChI is InChI=1S/C13H9NO2S/c15-10-6-2-4-8-12(10)17-13-14-9-5-1-3-7-11(9)16-13/h1-8,15H. The summed E-state index contributed by atoms with van der Waals surface area (Å²) < 4.78 is 5.57. The van der Waals surface area contributed by atoms with Crippen LogP contribution in [0.2, 0.25) is 0 Å². The van der Waals surface area contributed by atoms with Crippen molar-refractivity contribution in [2.75, 3.05) is 0 Å². The van der Waals surface area contributed by atoms with E-state index in [1.807, 2.05) is 36.4 Å². The van der Waals surface area contributed by atoms with Gasteiger partial charge in [0, 0.05) is 0 Å². The number of nitrogens with zero attached hydrogens (tertiary/aromatic N) is 1. The van der Waals surface area contributed by atoms with Crippen LogP contribution in [0.5, 0.6) is 5.75 Å². The molecule has 3 nitrogen and oxygen atoms in total. The van der Waals surface area contributed by atoms with Gasteiger partial charge in [0.2, 0.25) is 0 Å². The third-order valence-corrected chi connectivity index (χ3v) is 3.25. The van der Waals surface area contributed by atoms with Crippen LogP contribution in [0.1, 0.15) is 0 Å². The van der Waals surface area contributed by atoms with Crippen molar-refractivity contribution in [1.29, 1.82) is 0 Å². The summed E-state index contributed by atoms with van der Waals surface area (Å²) in [5.74, 6) is 0.236. The lowest BCUT2D eigenvalue weighted by Gasteiger charge is -1.98. The Labute approximate surface area is 102 Å². The van der Waals surface area contributed by atoms with Crippen molar-refractivity contribution in [2.45, 2.75) is 10.1 Å². The lowest BCUT2D eigenvalue weighted by Crippen LogP contribution is -1.74. The molecule has 3 rings (SSSR count). The van der Waals surface area contributed by atoms with E-state index < -0.39 is 0 Å². The minimum Gasteiger partial charge on any atom is -0.507 e. The van der Waals surface area contributed by atoms with E-state index in [0.717, 1.165) is 16.0 Å². The second kappa shape index (κ2) is 4.14. The van der Waals surface area contributed by atoms with Crippen LogP contribution in [0.4, 0.5) is 0 Å². The summed E-state index contributed by atoms with van der Waals surface area (Å²) in [6, 6.07) is 14.7. The highest BCUT2D eigenvalue weighted by atomic mass is 32.2. The number of oxazole rings is 1. The highest BCUT2D eigenvalue weighted by molar-refractivity contribution is 7.99. The third-order valence-electron chi connectivity index (χ3n) is 2.34. The normalized spacial score (nSPS) is 10.8. The smallest absolute Gasteiger partial charge is 0.261 e. The molecule has 1 N–H and O–H groups in total. The van der Waals surface area contributed by atoms with Gasteiger partial charge in [0.05, 0.1) is 4.90 Å². The van der Waals surface area contributed by atoms with Gasteiger partial charge in [0.15, 0.2) is 5.58 Å². The summed E-state index contributed by atoms with van der Waals surface area (Å²) >= 11 is 1.31. The minimum atomic E-state index is 0.236. The molecule has 0 fully saturated rings. The van der Waals surface area contributed by atoms with Crippen LogP contribution in [0, 0.1) is 0 Å². The SMILES string of the molecule is Oc1ccccc1Sc1nc2ccccc2o1. The van der Waals surface area contributed by atoms with Gasteiger partial charge in [0.25, 0.3) is 5.22 Å². The zero-order valence-corrected chi connectivity index (χ0v) is 9.65. The number of hydrogen-bond acceptors (Lipinski definition) is 4. The van der Waals surface area contributed by atoms with Gasteiger partial charge in [-0.2, -0.15) is 0 Å². The van der Waals surface area contributed by atoms with Gasteiger partial charge in [-0.25, -0.2) is 4.98 Å². The Morgan fingerprint density at radius 1 is 1.00 bits per heavy atom. The molecule has 0 unspecified atom stereocenters. The van der Waals surface area contributed by atoms with Crippen LogP contribution in [0.15, 0.2) is 63.1 Å². The first-order valence-corrected chi connectivity index (χ1v) is 5.96. The molecule has 0 saturated heterocycles. The minimum absolute atomic E-state index is 0.236. The Hall–Kier alpha value is -1.94. The number of benzene rings is 2. The zero-order chi connectivity index (χ0) is 11.7. The van der Waals surface area contributed by atoms with Gasteiger partial charge < -0.3 is 9.52 Å². The Kier molecular flexibility index (Phi) is 2.49. The number of hydrogen-bond donors (Lipinski definition) is 1. The first-order valence-electron chi connectivity index (χ1n) is 5.14. The van der Waals surface area contributed by atoms with E-state index in [1.54, 1.807) is 12.1 Å². The molecule has 0 saturated carbocycles. The number of phenolic OH excluding ortho intramolecular Hbond substituents is 1. The predicted octanol–water partition coefficient (Wildman–Crippen LogP) is 3.68. The highest BCUT2D eigenvalue weighted by Crippen LogP contribution is 2.34. The summed E-state index contributed by atoms with van der Waals surface area (Å²) in [5, 5.41) is 10.2. The second-order valence-corrected chi connectivity index (χ2v) is 4.51. The van der Waals surface area contributed by atoms with Crippen molar-refractivity contribution in [3.63, 3.8) is 0 Å². The van der Waals surface area contributed by atoms with Crippen molar-refractivity contribution in [3.05, 3.63) is 48.5 Å². The lowest BCUT2D eigenvalue weighted by molar-refractivity contribution is 0.459. The van der Waals surface area contributed by atoms with Crippen LogP contribution in [0.25, 0.3) is 11.1 Å². The van der Waals surface area contributed by atoms with Gasteiger partial charge in [-0.3, -0.25) is 0 Å². The van der Waals surface area contributed by atoms with Gasteiger partial charge in [-0.15, -0.1) is 0 Å². The van der Waals surface area contributed by atoms with Crippen molar-refractivity contribution in [2.24, 2.45) is 0 Å². The van der Waals surface area contributed by atoms with Gasteiger partial charge in [-0.05, 0) is 36.0 Å². The van der Waals surface area contributed by atoms with Gasteiger partial charge >= 0.3 is 0 Å². The maximum absolute atomic E-state index is 9.66. The molecule has 0 aliphatic carbocycles. The van der Waals surface area contributed by atoms with Crippen LogP contribution in [-0.4, -0.2) is 10.1 Å². The number of para-hydroxylation sites is 3. The molecule has 0 amide bonds. The molecule has 2 aromatic carbocycles. The van der Waals surface area contributed by atoms with Crippen molar-refractivity contribution in [1.82, 2.24) is 4.98 Å². The third kappa shape index (κ3) is 1.99. The summed E-state index contributed by atoms with van der Waals surface area (Å²) in [6.45, 7) is 0. The molecule has 17 heavy (non-hydrogen) atoms. The summed E-state index contributed by atoms with van der Waals surface area (Å²) in [5.41, 5.74) is 1.58. The molecule has 0 bridgehead atoms. The molecule has 4 heteroatoms. The number of aromatic hydroxyl groups is 1. The van der Waals surface area contributed by atoms with Crippen molar-refractivity contribution in [3.8, 4) is 5.75 Å². The topological polar surface area (TPSA) is 46.3 Å². The fourth-order valence-corrected chi connectivity index (χ4v) is 2.32. The van der Waals surface area contributed by atoms with E-state index in [-0.39, 0.29) is 5.75 Å². The van der Waals surface area contributed by atoms with E-state index in [1.165, 1.54) is 11.8 Å². The number of rotatable bonds is 2. The monoisotopic (exact) mass is 243 g/mol. The Morgan fingerprint density at radius 2 is 1.76 bits per heavy atom. The van der Waals surface area contributed by atoms with E-state index in [2.05, 4.69) is 4.98 Å². The molecule has 0 aliphatic heterocycles. The number of phenols is 1. The van der Waals surface area contributed by atoms with E-state index in [4.69, 9.17) is 4.42 Å².